The van der Waals surface area contributed by atoms with Gasteiger partial charge in [0, 0.05) is 12.3 Å². The van der Waals surface area contributed by atoms with Crippen molar-refractivity contribution in [1.82, 2.24) is 4.90 Å². The standard InChI is InChI=1S/C17H21NO3S/c1-4-7-18-16(20)14(15(17(18)21)22-9-8-19)13-6-5-11(2)12(3)10-13/h5-6,10,19H,4,7-9H2,1-3H3. The number of hydrogen-bond acceptors (Lipinski definition) is 4. The summed E-state index contributed by atoms with van der Waals surface area (Å²) in [4.78, 5) is 26.9. The lowest BCUT2D eigenvalue weighted by Crippen LogP contribution is -2.32. The van der Waals surface area contributed by atoms with Gasteiger partial charge in [-0.1, -0.05) is 25.1 Å². The number of rotatable bonds is 6. The van der Waals surface area contributed by atoms with Crippen LogP contribution in [0.25, 0.3) is 5.57 Å². The molecule has 0 saturated carbocycles. The van der Waals surface area contributed by atoms with E-state index in [0.717, 1.165) is 23.1 Å². The highest BCUT2D eigenvalue weighted by Crippen LogP contribution is 2.36. The quantitative estimate of drug-likeness (QED) is 0.819. The second-order valence-electron chi connectivity index (χ2n) is 5.34. The molecule has 0 bridgehead atoms. The number of carbonyl (C=O) groups is 2. The molecule has 2 amide bonds. The van der Waals surface area contributed by atoms with E-state index in [1.54, 1.807) is 0 Å². The van der Waals surface area contributed by atoms with Crippen LogP contribution >= 0.6 is 11.8 Å². The van der Waals surface area contributed by atoms with E-state index in [0.29, 0.717) is 22.8 Å². The lowest BCUT2D eigenvalue weighted by molar-refractivity contribution is -0.136. The monoisotopic (exact) mass is 319 g/mol. The first-order valence-corrected chi connectivity index (χ1v) is 8.41. The summed E-state index contributed by atoms with van der Waals surface area (Å²) in [6, 6.07) is 5.80. The first-order chi connectivity index (χ1) is 10.5. The molecule has 1 heterocycles. The molecule has 118 valence electrons. The lowest BCUT2D eigenvalue weighted by atomic mass is 10.0. The number of nitrogens with zero attached hydrogens (tertiary/aromatic N) is 1. The van der Waals surface area contributed by atoms with Crippen molar-refractivity contribution in [2.75, 3.05) is 18.9 Å². The van der Waals surface area contributed by atoms with Gasteiger partial charge in [0.05, 0.1) is 17.1 Å². The smallest absolute Gasteiger partial charge is 0.267 e. The van der Waals surface area contributed by atoms with E-state index in [2.05, 4.69) is 0 Å². The van der Waals surface area contributed by atoms with Crippen molar-refractivity contribution in [1.29, 1.82) is 0 Å². The zero-order valence-corrected chi connectivity index (χ0v) is 14.0. The Hall–Kier alpha value is -1.59. The molecule has 1 aliphatic heterocycles. The van der Waals surface area contributed by atoms with Crippen LogP contribution in [0.3, 0.4) is 0 Å². The number of imide groups is 1. The zero-order valence-electron chi connectivity index (χ0n) is 13.2. The molecular formula is C17H21NO3S. The molecule has 4 nitrogen and oxygen atoms in total. The fourth-order valence-electron chi connectivity index (χ4n) is 2.41. The van der Waals surface area contributed by atoms with E-state index in [1.165, 1.54) is 16.7 Å². The summed E-state index contributed by atoms with van der Waals surface area (Å²) in [5, 5.41) is 9.03. The normalized spacial score (nSPS) is 15.2. The Morgan fingerprint density at radius 1 is 1.14 bits per heavy atom. The van der Waals surface area contributed by atoms with Crippen molar-refractivity contribution >= 4 is 29.1 Å². The van der Waals surface area contributed by atoms with Crippen molar-refractivity contribution in [2.24, 2.45) is 0 Å². The highest BCUT2D eigenvalue weighted by atomic mass is 32.2. The number of benzene rings is 1. The van der Waals surface area contributed by atoms with Gasteiger partial charge in [-0.2, -0.15) is 0 Å². The van der Waals surface area contributed by atoms with Gasteiger partial charge < -0.3 is 5.11 Å². The number of hydrogen-bond donors (Lipinski definition) is 1. The Balaban J connectivity index is 2.49. The second-order valence-corrected chi connectivity index (χ2v) is 6.44. The van der Waals surface area contributed by atoms with Gasteiger partial charge in [-0.25, -0.2) is 0 Å². The van der Waals surface area contributed by atoms with Crippen molar-refractivity contribution in [3.05, 3.63) is 39.8 Å². The number of aliphatic hydroxyl groups excluding tert-OH is 1. The number of aliphatic hydroxyl groups is 1. The molecule has 0 fully saturated rings. The fourth-order valence-corrected chi connectivity index (χ4v) is 3.29. The van der Waals surface area contributed by atoms with Gasteiger partial charge >= 0.3 is 0 Å². The summed E-state index contributed by atoms with van der Waals surface area (Å²) >= 11 is 1.26. The van der Waals surface area contributed by atoms with E-state index in [-0.39, 0.29) is 18.4 Å². The number of aryl methyl sites for hydroxylation is 2. The SMILES string of the molecule is CCCN1C(=O)C(SCCO)=C(c2ccc(C)c(C)c2)C1=O. The van der Waals surface area contributed by atoms with Gasteiger partial charge in [0.25, 0.3) is 11.8 Å². The van der Waals surface area contributed by atoms with Crippen LogP contribution in [0, 0.1) is 13.8 Å². The average Bonchev–Trinajstić information content (AvgIpc) is 2.72. The molecule has 0 atom stereocenters. The Labute approximate surface area is 135 Å². The van der Waals surface area contributed by atoms with Gasteiger partial charge in [-0.15, -0.1) is 11.8 Å². The summed E-state index contributed by atoms with van der Waals surface area (Å²) < 4.78 is 0. The van der Waals surface area contributed by atoms with Crippen LogP contribution in [0.5, 0.6) is 0 Å². The van der Waals surface area contributed by atoms with Crippen LogP contribution in [0.1, 0.15) is 30.0 Å². The Morgan fingerprint density at radius 3 is 2.45 bits per heavy atom. The van der Waals surface area contributed by atoms with E-state index >= 15 is 0 Å². The lowest BCUT2D eigenvalue weighted by Gasteiger charge is -2.13. The molecule has 1 aliphatic rings. The van der Waals surface area contributed by atoms with E-state index in [1.807, 2.05) is 39.0 Å². The molecule has 5 heteroatoms. The third-order valence-electron chi connectivity index (χ3n) is 3.71. The Kier molecular flexibility index (Phi) is 5.42. The molecule has 0 radical (unpaired) electrons. The van der Waals surface area contributed by atoms with Crippen molar-refractivity contribution < 1.29 is 14.7 Å². The van der Waals surface area contributed by atoms with Crippen molar-refractivity contribution in [3.63, 3.8) is 0 Å². The third kappa shape index (κ3) is 3.10. The number of carbonyl (C=O) groups excluding carboxylic acids is 2. The fraction of sp³-hybridized carbons (Fsp3) is 0.412. The summed E-state index contributed by atoms with van der Waals surface area (Å²) in [6.45, 7) is 6.35. The maximum atomic E-state index is 12.6. The van der Waals surface area contributed by atoms with E-state index in [4.69, 9.17) is 5.11 Å². The summed E-state index contributed by atoms with van der Waals surface area (Å²) in [7, 11) is 0. The van der Waals surface area contributed by atoms with Gasteiger partial charge in [-0.05, 0) is 37.0 Å². The predicted octanol–water partition coefficient (Wildman–Crippen LogP) is 2.52. The number of thioether (sulfide) groups is 1. The van der Waals surface area contributed by atoms with Gasteiger partial charge in [0.15, 0.2) is 0 Å². The van der Waals surface area contributed by atoms with Crippen LogP contribution in [0.15, 0.2) is 23.1 Å². The average molecular weight is 319 g/mol. The second kappa shape index (κ2) is 7.11. The van der Waals surface area contributed by atoms with Crippen LogP contribution < -0.4 is 0 Å². The van der Waals surface area contributed by atoms with Crippen molar-refractivity contribution in [2.45, 2.75) is 27.2 Å². The van der Waals surface area contributed by atoms with E-state index in [9.17, 15) is 9.59 Å². The molecule has 0 saturated heterocycles. The third-order valence-corrected chi connectivity index (χ3v) is 4.76. The molecule has 1 aromatic carbocycles. The van der Waals surface area contributed by atoms with E-state index < -0.39 is 0 Å². The molecule has 0 spiro atoms. The highest BCUT2D eigenvalue weighted by molar-refractivity contribution is 8.04. The predicted molar refractivity (Wildman–Crippen MR) is 89.4 cm³/mol. The maximum Gasteiger partial charge on any atom is 0.267 e. The Bertz CT molecular complexity index is 637. The molecule has 22 heavy (non-hydrogen) atoms. The van der Waals surface area contributed by atoms with Gasteiger partial charge in [0.2, 0.25) is 0 Å². The first kappa shape index (κ1) is 16.8. The molecular weight excluding hydrogens is 298 g/mol. The summed E-state index contributed by atoms with van der Waals surface area (Å²) in [6.07, 6.45) is 0.732. The molecule has 0 aliphatic carbocycles. The zero-order chi connectivity index (χ0) is 16.3. The topological polar surface area (TPSA) is 57.6 Å². The molecule has 1 aromatic rings. The number of amides is 2. The minimum Gasteiger partial charge on any atom is -0.396 e. The van der Waals surface area contributed by atoms with Crippen LogP contribution in [0.2, 0.25) is 0 Å². The molecule has 0 aromatic heterocycles. The maximum absolute atomic E-state index is 12.6. The van der Waals surface area contributed by atoms with Crippen LogP contribution in [-0.4, -0.2) is 40.7 Å². The van der Waals surface area contributed by atoms with Crippen molar-refractivity contribution in [3.8, 4) is 0 Å². The molecule has 1 N–H and O–H groups in total. The van der Waals surface area contributed by atoms with Crippen LogP contribution in [-0.2, 0) is 9.59 Å². The molecule has 0 unspecified atom stereocenters. The molecule has 2 rings (SSSR count). The van der Waals surface area contributed by atoms with Crippen LogP contribution in [0.4, 0.5) is 0 Å². The largest absolute Gasteiger partial charge is 0.396 e. The first-order valence-electron chi connectivity index (χ1n) is 7.43. The summed E-state index contributed by atoms with van der Waals surface area (Å²) in [5.74, 6) is -0.0584. The highest BCUT2D eigenvalue weighted by Gasteiger charge is 2.38. The minimum absolute atomic E-state index is 0.0242. The van der Waals surface area contributed by atoms with Gasteiger partial charge in [0.1, 0.15) is 0 Å². The summed E-state index contributed by atoms with van der Waals surface area (Å²) in [5.41, 5.74) is 3.49. The Morgan fingerprint density at radius 2 is 1.86 bits per heavy atom. The van der Waals surface area contributed by atoms with Gasteiger partial charge in [-0.3, -0.25) is 14.5 Å². The minimum atomic E-state index is -0.237.